The lowest BCUT2D eigenvalue weighted by atomic mass is 9.95. The molecule has 4 aromatic rings. The normalized spacial score (nSPS) is 10.7. The smallest absolute Gasteiger partial charge is 0.0104 e. The molecule has 0 aromatic heterocycles. The molecule has 0 amide bonds. The van der Waals surface area contributed by atoms with Crippen LogP contribution in [0, 0.1) is 0 Å². The van der Waals surface area contributed by atoms with Crippen LogP contribution in [0.15, 0.2) is 73.3 Å². The van der Waals surface area contributed by atoms with Gasteiger partial charge in [-0.05, 0) is 32.3 Å². The topological polar surface area (TPSA) is 26.0 Å². The fourth-order valence-corrected chi connectivity index (χ4v) is 2.67. The second-order valence-corrected chi connectivity index (χ2v) is 4.81. The third kappa shape index (κ3) is 2.02. The summed E-state index contributed by atoms with van der Waals surface area (Å²) >= 11 is 0. The SMILES string of the molecule is C=CCN.c1cc2ccc3cccc4ccc(c1)c2c34. The Bertz CT molecular complexity index is 731. The van der Waals surface area contributed by atoms with Gasteiger partial charge in [0.1, 0.15) is 0 Å². The molecule has 0 spiro atoms. The molecular weight excluding hydrogens is 242 g/mol. The molecule has 0 atom stereocenters. The lowest BCUT2D eigenvalue weighted by Crippen LogP contribution is -1.90. The molecule has 0 aliphatic rings. The van der Waals surface area contributed by atoms with Gasteiger partial charge in [0.05, 0.1) is 0 Å². The van der Waals surface area contributed by atoms with Crippen molar-refractivity contribution in [2.75, 3.05) is 6.54 Å². The highest BCUT2D eigenvalue weighted by Gasteiger charge is 2.05. The van der Waals surface area contributed by atoms with Gasteiger partial charge in [-0.25, -0.2) is 0 Å². The first-order valence-electron chi connectivity index (χ1n) is 6.78. The Morgan fingerprint density at radius 1 is 0.700 bits per heavy atom. The van der Waals surface area contributed by atoms with Crippen molar-refractivity contribution in [2.24, 2.45) is 5.73 Å². The molecule has 1 nitrogen and oxygen atoms in total. The van der Waals surface area contributed by atoms with Crippen LogP contribution in [0.5, 0.6) is 0 Å². The summed E-state index contributed by atoms with van der Waals surface area (Å²) < 4.78 is 0. The molecule has 20 heavy (non-hydrogen) atoms. The predicted octanol–water partition coefficient (Wildman–Crippen LogP) is 4.72. The first-order chi connectivity index (χ1) is 9.85. The summed E-state index contributed by atoms with van der Waals surface area (Å²) in [6.45, 7) is 3.94. The average molecular weight is 259 g/mol. The van der Waals surface area contributed by atoms with E-state index < -0.39 is 0 Å². The highest BCUT2D eigenvalue weighted by atomic mass is 14.5. The number of hydrogen-bond donors (Lipinski definition) is 1. The van der Waals surface area contributed by atoms with E-state index in [4.69, 9.17) is 5.73 Å². The third-order valence-corrected chi connectivity index (χ3v) is 3.56. The molecule has 4 aromatic carbocycles. The molecule has 0 radical (unpaired) electrons. The predicted molar refractivity (Wildman–Crippen MR) is 89.4 cm³/mol. The van der Waals surface area contributed by atoms with E-state index in [1.54, 1.807) is 6.08 Å². The van der Waals surface area contributed by atoms with E-state index in [0.717, 1.165) is 0 Å². The first-order valence-corrected chi connectivity index (χ1v) is 6.78. The maximum Gasteiger partial charge on any atom is 0.0104 e. The van der Waals surface area contributed by atoms with E-state index in [1.807, 2.05) is 0 Å². The first kappa shape index (κ1) is 12.6. The Kier molecular flexibility index (Phi) is 3.36. The summed E-state index contributed by atoms with van der Waals surface area (Å²) in [5.41, 5.74) is 4.91. The lowest BCUT2D eigenvalue weighted by Gasteiger charge is -2.09. The van der Waals surface area contributed by atoms with E-state index in [-0.39, 0.29) is 0 Å². The molecular formula is C19H17N. The minimum atomic E-state index is 0.583. The van der Waals surface area contributed by atoms with Crippen molar-refractivity contribution in [1.29, 1.82) is 0 Å². The Morgan fingerprint density at radius 3 is 1.25 bits per heavy atom. The van der Waals surface area contributed by atoms with Crippen molar-refractivity contribution in [2.45, 2.75) is 0 Å². The van der Waals surface area contributed by atoms with Gasteiger partial charge in [0.15, 0.2) is 0 Å². The molecule has 4 rings (SSSR count). The zero-order valence-corrected chi connectivity index (χ0v) is 11.3. The van der Waals surface area contributed by atoms with Crippen molar-refractivity contribution < 1.29 is 0 Å². The van der Waals surface area contributed by atoms with Crippen LogP contribution in [0.25, 0.3) is 32.3 Å². The van der Waals surface area contributed by atoms with Gasteiger partial charge in [-0.1, -0.05) is 66.7 Å². The van der Waals surface area contributed by atoms with E-state index in [1.165, 1.54) is 32.3 Å². The van der Waals surface area contributed by atoms with Crippen LogP contribution in [0.4, 0.5) is 0 Å². The zero-order valence-electron chi connectivity index (χ0n) is 11.3. The van der Waals surface area contributed by atoms with Gasteiger partial charge in [0, 0.05) is 6.54 Å². The van der Waals surface area contributed by atoms with Crippen molar-refractivity contribution in [3.8, 4) is 0 Å². The summed E-state index contributed by atoms with van der Waals surface area (Å²) in [5.74, 6) is 0. The number of hydrogen-bond acceptors (Lipinski definition) is 1. The summed E-state index contributed by atoms with van der Waals surface area (Å²) in [7, 11) is 0. The van der Waals surface area contributed by atoms with Gasteiger partial charge in [0.2, 0.25) is 0 Å². The quantitative estimate of drug-likeness (QED) is 0.388. The zero-order chi connectivity index (χ0) is 13.9. The molecule has 0 aliphatic carbocycles. The summed E-state index contributed by atoms with van der Waals surface area (Å²) in [5, 5.41) is 8.14. The lowest BCUT2D eigenvalue weighted by molar-refractivity contribution is 1.26. The molecule has 0 unspecified atom stereocenters. The molecule has 1 heteroatoms. The number of rotatable bonds is 1. The maximum atomic E-state index is 4.91. The molecule has 0 bridgehead atoms. The summed E-state index contributed by atoms with van der Waals surface area (Å²) in [6, 6.07) is 21.9. The second kappa shape index (κ2) is 5.32. The van der Waals surface area contributed by atoms with Crippen LogP contribution in [0.1, 0.15) is 0 Å². The van der Waals surface area contributed by atoms with Crippen LogP contribution in [0.2, 0.25) is 0 Å². The minimum absolute atomic E-state index is 0.583. The fourth-order valence-electron chi connectivity index (χ4n) is 2.67. The van der Waals surface area contributed by atoms with Crippen LogP contribution in [0.3, 0.4) is 0 Å². The van der Waals surface area contributed by atoms with Gasteiger partial charge in [-0.3, -0.25) is 0 Å². The van der Waals surface area contributed by atoms with E-state index in [0.29, 0.717) is 6.54 Å². The second-order valence-electron chi connectivity index (χ2n) is 4.81. The van der Waals surface area contributed by atoms with Crippen molar-refractivity contribution in [3.05, 3.63) is 73.3 Å². The third-order valence-electron chi connectivity index (χ3n) is 3.56. The van der Waals surface area contributed by atoms with Crippen LogP contribution in [-0.4, -0.2) is 6.54 Å². The Hall–Kier alpha value is -2.38. The Morgan fingerprint density at radius 2 is 1.00 bits per heavy atom. The monoisotopic (exact) mass is 259 g/mol. The molecule has 0 aliphatic heterocycles. The van der Waals surface area contributed by atoms with E-state index in [9.17, 15) is 0 Å². The molecule has 0 fully saturated rings. The van der Waals surface area contributed by atoms with Crippen molar-refractivity contribution in [3.63, 3.8) is 0 Å². The number of benzene rings is 4. The van der Waals surface area contributed by atoms with Crippen molar-refractivity contribution >= 4 is 32.3 Å². The molecule has 0 saturated carbocycles. The van der Waals surface area contributed by atoms with Crippen LogP contribution >= 0.6 is 0 Å². The van der Waals surface area contributed by atoms with Gasteiger partial charge >= 0.3 is 0 Å². The number of nitrogens with two attached hydrogens (primary N) is 1. The Balaban J connectivity index is 0.000000272. The average Bonchev–Trinajstić information content (AvgIpc) is 2.53. The minimum Gasteiger partial charge on any atom is -0.327 e. The van der Waals surface area contributed by atoms with Gasteiger partial charge in [0.25, 0.3) is 0 Å². The molecule has 2 N–H and O–H groups in total. The standard InChI is InChI=1S/C16H10.C3H7N/c1-3-11-7-9-13-5-2-6-14-10-8-12(4-1)15(11)16(13)14;1-2-3-4/h1-10H;2H,1,3-4H2. The molecule has 98 valence electrons. The molecule has 0 heterocycles. The summed E-state index contributed by atoms with van der Waals surface area (Å²) in [6.07, 6.45) is 1.65. The van der Waals surface area contributed by atoms with E-state index >= 15 is 0 Å². The van der Waals surface area contributed by atoms with Gasteiger partial charge < -0.3 is 5.73 Å². The summed E-state index contributed by atoms with van der Waals surface area (Å²) in [4.78, 5) is 0. The van der Waals surface area contributed by atoms with E-state index in [2.05, 4.69) is 67.2 Å². The van der Waals surface area contributed by atoms with Crippen LogP contribution in [-0.2, 0) is 0 Å². The van der Waals surface area contributed by atoms with Crippen molar-refractivity contribution in [1.82, 2.24) is 0 Å². The molecule has 0 saturated heterocycles. The maximum absolute atomic E-state index is 4.91. The fraction of sp³-hybridized carbons (Fsp3) is 0.0526. The largest absolute Gasteiger partial charge is 0.327 e. The highest BCUT2D eigenvalue weighted by Crippen LogP contribution is 2.33. The highest BCUT2D eigenvalue weighted by molar-refractivity contribution is 6.22. The van der Waals surface area contributed by atoms with Gasteiger partial charge in [-0.15, -0.1) is 6.58 Å². The van der Waals surface area contributed by atoms with Crippen LogP contribution < -0.4 is 5.73 Å². The Labute approximate surface area is 118 Å². The van der Waals surface area contributed by atoms with Gasteiger partial charge in [-0.2, -0.15) is 0 Å².